The standard InChI is InChI=1S/C32H40ClNO5Si/c1-17-13-20-23(15-22(17)33)34-27-25(20)26(35)19-12-11-18(14-21(19)30(27,5)6)36-16-24-28(38-32(9,10)37-24)31(7,8)39-40-29(2,3)4/h11-15,24,28,34H,16H2,1-10H3/t24-,28-/m1/s1. The molecule has 1 saturated heterocycles. The van der Waals surface area contributed by atoms with Gasteiger partial charge in [0.15, 0.2) is 11.6 Å². The van der Waals surface area contributed by atoms with Crippen LogP contribution in [0.4, 0.5) is 0 Å². The van der Waals surface area contributed by atoms with E-state index in [0.717, 1.165) is 33.3 Å². The van der Waals surface area contributed by atoms with E-state index in [9.17, 15) is 4.79 Å². The van der Waals surface area contributed by atoms with Crippen LogP contribution in [0.3, 0.4) is 0 Å². The van der Waals surface area contributed by atoms with Gasteiger partial charge in [-0.3, -0.25) is 4.79 Å². The van der Waals surface area contributed by atoms with Gasteiger partial charge in [-0.2, -0.15) is 0 Å². The highest BCUT2D eigenvalue weighted by Gasteiger charge is 2.50. The minimum absolute atomic E-state index is 0.0109. The quantitative estimate of drug-likeness (QED) is 0.305. The number of ether oxygens (including phenoxy) is 3. The highest BCUT2D eigenvalue weighted by molar-refractivity contribution is 6.32. The summed E-state index contributed by atoms with van der Waals surface area (Å²) in [7, 11) is 0.321. The van der Waals surface area contributed by atoms with Gasteiger partial charge >= 0.3 is 0 Å². The molecule has 5 rings (SSSR count). The number of carbonyl (C=O) groups excluding carboxylic acids is 1. The summed E-state index contributed by atoms with van der Waals surface area (Å²) in [6, 6.07) is 9.64. The second-order valence-corrected chi connectivity index (χ2v) is 16.0. The molecule has 0 amide bonds. The number of benzene rings is 2. The van der Waals surface area contributed by atoms with Crippen LogP contribution >= 0.6 is 11.6 Å². The molecule has 2 aromatic carbocycles. The lowest BCUT2D eigenvalue weighted by Gasteiger charge is -2.36. The van der Waals surface area contributed by atoms with E-state index in [2.05, 4.69) is 39.6 Å². The Morgan fingerprint density at radius 1 is 1.05 bits per heavy atom. The van der Waals surface area contributed by atoms with Crippen LogP contribution in [-0.4, -0.2) is 50.7 Å². The van der Waals surface area contributed by atoms with Crippen LogP contribution in [0.15, 0.2) is 30.3 Å². The number of halogens is 1. The van der Waals surface area contributed by atoms with Crippen LogP contribution in [0.25, 0.3) is 10.9 Å². The first kappa shape index (κ1) is 29.3. The van der Waals surface area contributed by atoms with Crippen molar-refractivity contribution < 1.29 is 23.4 Å². The molecule has 2 radical (unpaired) electrons. The molecule has 2 atom stereocenters. The third-order valence-electron chi connectivity index (χ3n) is 7.74. The van der Waals surface area contributed by atoms with Crippen molar-refractivity contribution in [2.75, 3.05) is 6.61 Å². The van der Waals surface area contributed by atoms with Gasteiger partial charge in [-0.25, -0.2) is 0 Å². The maximum atomic E-state index is 13.8. The highest BCUT2D eigenvalue weighted by Crippen LogP contribution is 2.45. The molecular weight excluding hydrogens is 542 g/mol. The minimum atomic E-state index is -0.748. The smallest absolute Gasteiger partial charge is 0.236 e. The summed E-state index contributed by atoms with van der Waals surface area (Å²) in [6.45, 7) is 20.9. The van der Waals surface area contributed by atoms with Gasteiger partial charge in [-0.15, -0.1) is 0 Å². The van der Waals surface area contributed by atoms with Crippen molar-refractivity contribution in [2.24, 2.45) is 0 Å². The van der Waals surface area contributed by atoms with Gasteiger partial charge in [-0.05, 0) is 81.1 Å². The van der Waals surface area contributed by atoms with Crippen molar-refractivity contribution in [3.05, 3.63) is 63.3 Å². The normalized spacial score (nSPS) is 21.9. The maximum Gasteiger partial charge on any atom is 0.236 e. The van der Waals surface area contributed by atoms with E-state index < -0.39 is 16.8 Å². The largest absolute Gasteiger partial charge is 0.491 e. The number of nitrogens with one attached hydrogen (secondary N) is 1. The minimum Gasteiger partial charge on any atom is -0.491 e. The fraction of sp³-hybridized carbons (Fsp3) is 0.531. The zero-order chi connectivity index (χ0) is 29.4. The average molecular weight is 582 g/mol. The monoisotopic (exact) mass is 581 g/mol. The Bertz CT molecular complexity index is 1480. The molecule has 1 N–H and O–H groups in total. The fourth-order valence-corrected chi connectivity index (χ4v) is 6.54. The molecular formula is C32H40ClNO5Si. The summed E-state index contributed by atoms with van der Waals surface area (Å²) < 4.78 is 25.3. The number of hydrogen-bond donors (Lipinski definition) is 1. The molecule has 1 aliphatic heterocycles. The summed E-state index contributed by atoms with van der Waals surface area (Å²) >= 11 is 6.40. The van der Waals surface area contributed by atoms with Crippen molar-refractivity contribution in [1.29, 1.82) is 0 Å². The molecule has 2 heterocycles. The number of aryl methyl sites for hydroxylation is 1. The Kier molecular flexibility index (Phi) is 7.11. The third-order valence-corrected chi connectivity index (χ3v) is 9.39. The number of aromatic amines is 1. The Morgan fingerprint density at radius 2 is 1.75 bits per heavy atom. The van der Waals surface area contributed by atoms with Crippen LogP contribution in [0, 0.1) is 6.92 Å². The Morgan fingerprint density at radius 3 is 2.42 bits per heavy atom. The maximum absolute atomic E-state index is 13.8. The summed E-state index contributed by atoms with van der Waals surface area (Å²) in [5.41, 5.74) is 4.04. The van der Waals surface area contributed by atoms with Crippen LogP contribution in [0.1, 0.15) is 95.1 Å². The summed E-state index contributed by atoms with van der Waals surface area (Å²) in [4.78, 5) is 17.3. The first-order chi connectivity index (χ1) is 18.4. The molecule has 40 heavy (non-hydrogen) atoms. The fourth-order valence-electron chi connectivity index (χ4n) is 5.69. The van der Waals surface area contributed by atoms with Gasteiger partial charge in [-0.1, -0.05) is 46.2 Å². The molecule has 0 saturated carbocycles. The lowest BCUT2D eigenvalue weighted by molar-refractivity contribution is -0.162. The number of carbonyl (C=O) groups is 1. The first-order valence-corrected chi connectivity index (χ1v) is 15.1. The zero-order valence-corrected chi connectivity index (χ0v) is 26.9. The zero-order valence-electron chi connectivity index (χ0n) is 25.2. The number of ketones is 1. The Balaban J connectivity index is 1.41. The van der Waals surface area contributed by atoms with E-state index >= 15 is 0 Å². The molecule has 8 heteroatoms. The predicted molar refractivity (Wildman–Crippen MR) is 160 cm³/mol. The van der Waals surface area contributed by atoms with E-state index in [4.69, 9.17) is 30.2 Å². The molecule has 6 nitrogen and oxygen atoms in total. The molecule has 2 aliphatic rings. The van der Waals surface area contributed by atoms with E-state index in [1.807, 2.05) is 65.0 Å². The first-order valence-electron chi connectivity index (χ1n) is 13.8. The molecule has 214 valence electrons. The highest BCUT2D eigenvalue weighted by atomic mass is 35.5. The molecule has 1 fully saturated rings. The SMILES string of the molecule is Cc1cc2c3c([nH]c2cc1Cl)C(C)(C)c1cc(OC[C@H]2OC(C)(C)O[C@H]2C(C)(C)O[Si]C(C)(C)C)ccc1C3=O. The lowest BCUT2D eigenvalue weighted by Crippen LogP contribution is -2.48. The van der Waals surface area contributed by atoms with Gasteiger partial charge < -0.3 is 23.6 Å². The summed E-state index contributed by atoms with van der Waals surface area (Å²) in [5, 5.41) is 1.64. The third kappa shape index (κ3) is 5.27. The van der Waals surface area contributed by atoms with Crippen LogP contribution in [-0.2, 0) is 19.3 Å². The van der Waals surface area contributed by atoms with Gasteiger partial charge in [0.1, 0.15) is 24.6 Å². The van der Waals surface area contributed by atoms with E-state index in [1.54, 1.807) is 0 Å². The van der Waals surface area contributed by atoms with Gasteiger partial charge in [0.2, 0.25) is 9.76 Å². The Hall–Kier alpha value is -2.16. The van der Waals surface area contributed by atoms with Crippen molar-refractivity contribution in [3.63, 3.8) is 0 Å². The molecule has 1 aliphatic carbocycles. The van der Waals surface area contributed by atoms with Gasteiger partial charge in [0, 0.05) is 32.6 Å². The second-order valence-electron chi connectivity index (χ2n) is 13.6. The van der Waals surface area contributed by atoms with Crippen LogP contribution < -0.4 is 4.74 Å². The van der Waals surface area contributed by atoms with Gasteiger partial charge in [0.05, 0.1) is 11.2 Å². The van der Waals surface area contributed by atoms with E-state index in [0.29, 0.717) is 32.7 Å². The molecule has 0 bridgehead atoms. The van der Waals surface area contributed by atoms with E-state index in [1.165, 1.54) is 0 Å². The number of aromatic nitrogens is 1. The Labute approximate surface area is 245 Å². The van der Waals surface area contributed by atoms with Crippen molar-refractivity contribution >= 4 is 38.1 Å². The number of H-pyrrole nitrogens is 1. The van der Waals surface area contributed by atoms with Crippen molar-refractivity contribution in [2.45, 2.75) is 103 Å². The number of rotatable bonds is 6. The molecule has 0 unspecified atom stereocenters. The number of fused-ring (bicyclic) bond motifs is 4. The molecule has 0 spiro atoms. The van der Waals surface area contributed by atoms with Crippen LogP contribution in [0.2, 0.25) is 10.1 Å². The molecule has 1 aromatic heterocycles. The average Bonchev–Trinajstić information content (AvgIpc) is 3.38. The topological polar surface area (TPSA) is 69.8 Å². The second kappa shape index (κ2) is 9.70. The number of hydrogen-bond acceptors (Lipinski definition) is 5. The molecule has 3 aromatic rings. The van der Waals surface area contributed by atoms with E-state index in [-0.39, 0.29) is 23.0 Å². The van der Waals surface area contributed by atoms with Gasteiger partial charge in [0.25, 0.3) is 0 Å². The summed E-state index contributed by atoms with van der Waals surface area (Å²) in [6.07, 6.45) is -0.633. The lowest BCUT2D eigenvalue weighted by atomic mass is 9.71. The van der Waals surface area contributed by atoms with Crippen molar-refractivity contribution in [1.82, 2.24) is 4.98 Å². The predicted octanol–water partition coefficient (Wildman–Crippen LogP) is 7.53. The van der Waals surface area contributed by atoms with Crippen molar-refractivity contribution in [3.8, 4) is 5.75 Å². The summed E-state index contributed by atoms with van der Waals surface area (Å²) in [5.74, 6) is -0.0565. The van der Waals surface area contributed by atoms with Crippen LogP contribution in [0.5, 0.6) is 5.75 Å².